The Hall–Kier alpha value is -0.791. The first kappa shape index (κ1) is 33.1. The van der Waals surface area contributed by atoms with Gasteiger partial charge in [0.25, 0.3) is 0 Å². The molecule has 2 aliphatic carbocycles. The molecule has 0 bridgehead atoms. The summed E-state index contributed by atoms with van der Waals surface area (Å²) in [5.41, 5.74) is 3.55. The molecule has 3 heteroatoms. The zero-order chi connectivity index (χ0) is 29.1. The number of hydrogen-bond donors (Lipinski definition) is 0. The Morgan fingerprint density at radius 2 is 1.37 bits per heavy atom. The topological polar surface area (TPSA) is 23.8 Å². The number of aryl methyl sites for hydroxylation is 1. The van der Waals surface area contributed by atoms with Crippen LogP contribution >= 0.6 is 11.3 Å². The number of nitrogens with zero attached hydrogens (tertiary/aromatic N) is 1. The quantitative estimate of drug-likeness (QED) is 0.172. The maximum absolute atomic E-state index is 9.93. The van der Waals surface area contributed by atoms with E-state index in [2.05, 4.69) is 75.4 Å². The van der Waals surface area contributed by atoms with Gasteiger partial charge >= 0.3 is 219 Å². The van der Waals surface area contributed by atoms with E-state index >= 15 is 0 Å². The maximum atomic E-state index is 9.93. The van der Waals surface area contributed by atoms with Crippen LogP contribution in [0.2, 0.25) is 13.3 Å². The summed E-state index contributed by atoms with van der Waals surface area (Å²) >= 11 is -0.264. The van der Waals surface area contributed by atoms with Crippen LogP contribution in [0.25, 0.3) is 10.4 Å². The summed E-state index contributed by atoms with van der Waals surface area (Å²) < 4.78 is 6.42. The van der Waals surface area contributed by atoms with Gasteiger partial charge < -0.3 is 0 Å². The number of unbranched alkanes of at least 4 members (excludes halogenated alkanes) is 3. The fourth-order valence-corrected chi connectivity index (χ4v) is 28.3. The van der Waals surface area contributed by atoms with Gasteiger partial charge in [-0.25, -0.2) is 0 Å². The van der Waals surface area contributed by atoms with Gasteiger partial charge in [-0.2, -0.15) is 0 Å². The molecule has 0 unspecified atom stereocenters. The van der Waals surface area contributed by atoms with Gasteiger partial charge in [0.2, 0.25) is 0 Å². The first-order valence-corrected chi connectivity index (χ1v) is 25.9. The molecule has 0 amide bonds. The van der Waals surface area contributed by atoms with Crippen molar-refractivity contribution in [3.8, 4) is 16.5 Å². The summed E-state index contributed by atoms with van der Waals surface area (Å²) in [4.78, 5) is 1.44. The molecular weight excluding hydrogens is 621 g/mol. The molecule has 0 aliphatic heterocycles. The Balaban J connectivity index is 1.43. The van der Waals surface area contributed by atoms with E-state index in [1.165, 1.54) is 126 Å². The van der Waals surface area contributed by atoms with E-state index in [4.69, 9.17) is 0 Å². The Kier molecular flexibility index (Phi) is 13.6. The summed E-state index contributed by atoms with van der Waals surface area (Å²) in [7, 11) is 0. The Labute approximate surface area is 261 Å². The molecule has 0 radical (unpaired) electrons. The van der Waals surface area contributed by atoms with Crippen molar-refractivity contribution in [1.82, 2.24) is 0 Å². The van der Waals surface area contributed by atoms with Gasteiger partial charge in [-0.3, -0.25) is 0 Å². The van der Waals surface area contributed by atoms with Gasteiger partial charge in [0, 0.05) is 0 Å². The Bertz CT molecular complexity index is 1060. The van der Waals surface area contributed by atoms with Gasteiger partial charge in [0.15, 0.2) is 0 Å². The summed E-state index contributed by atoms with van der Waals surface area (Å²) in [6.45, 7) is 9.56. The average molecular weight is 681 g/mol. The van der Waals surface area contributed by atoms with Crippen LogP contribution < -0.4 is 2.89 Å². The zero-order valence-electron chi connectivity index (χ0n) is 27.0. The SMILES string of the molecule is CCC[CH2][Sn]([CH2]CCC)([CH2]CCC)[c]1ccc(-c2ccc(C#N)c(CCC3CCC(C4CCC(C)CC4)CC3)c2)s1. The molecule has 0 saturated heterocycles. The number of rotatable bonds is 15. The third kappa shape index (κ3) is 9.11. The van der Waals surface area contributed by atoms with Crippen LogP contribution in [0, 0.1) is 35.0 Å². The monoisotopic (exact) mass is 681 g/mol. The van der Waals surface area contributed by atoms with Crippen LogP contribution in [-0.4, -0.2) is 18.4 Å². The van der Waals surface area contributed by atoms with Gasteiger partial charge in [0.1, 0.15) is 0 Å². The van der Waals surface area contributed by atoms with Gasteiger partial charge in [-0.1, -0.05) is 19.8 Å². The molecule has 2 aromatic rings. The standard InChI is InChI=1S/C26H32NS.3C4H9.Sn/c1-19-4-9-21(10-5-19)22-11-6-20(7-12-22)8-13-23-17-24(14-15-25(23)18-27)26-3-2-16-28-26;3*1-3-4-2;/h2-3,14-15,17,19-22H,4-13H2,1H3;3*1,3-4H2,2H3;. The summed E-state index contributed by atoms with van der Waals surface area (Å²) in [6, 6.07) is 14.3. The van der Waals surface area contributed by atoms with Crippen molar-refractivity contribution in [3.63, 3.8) is 0 Å². The first-order chi connectivity index (χ1) is 20.0. The molecule has 226 valence electrons. The van der Waals surface area contributed by atoms with Crippen LogP contribution in [0.1, 0.15) is 135 Å². The Morgan fingerprint density at radius 3 is 1.93 bits per heavy atom. The van der Waals surface area contributed by atoms with Crippen molar-refractivity contribution in [2.75, 3.05) is 0 Å². The van der Waals surface area contributed by atoms with Crippen molar-refractivity contribution in [2.24, 2.45) is 23.7 Å². The van der Waals surface area contributed by atoms with Crippen LogP contribution in [0.3, 0.4) is 0 Å². The molecular formula is C38H59NSSn. The van der Waals surface area contributed by atoms with E-state index in [1.807, 2.05) is 2.89 Å². The number of nitriles is 1. The van der Waals surface area contributed by atoms with Crippen LogP contribution in [0.4, 0.5) is 0 Å². The van der Waals surface area contributed by atoms with Gasteiger partial charge in [0.05, 0.1) is 0 Å². The molecule has 0 atom stereocenters. The van der Waals surface area contributed by atoms with Crippen molar-refractivity contribution >= 4 is 32.6 Å². The van der Waals surface area contributed by atoms with Crippen LogP contribution in [0.5, 0.6) is 0 Å². The van der Waals surface area contributed by atoms with E-state index in [0.717, 1.165) is 35.7 Å². The average Bonchev–Trinajstić information content (AvgIpc) is 3.51. The van der Waals surface area contributed by atoms with Crippen molar-refractivity contribution in [3.05, 3.63) is 41.5 Å². The second-order valence-electron chi connectivity index (χ2n) is 14.1. The molecule has 2 fully saturated rings. The normalized spacial score (nSPS) is 23.4. The molecule has 1 nitrogen and oxygen atoms in total. The van der Waals surface area contributed by atoms with Crippen molar-refractivity contribution < 1.29 is 0 Å². The van der Waals surface area contributed by atoms with Crippen LogP contribution in [-0.2, 0) is 6.42 Å². The molecule has 0 N–H and O–H groups in total. The fraction of sp³-hybridized carbons (Fsp3) is 0.711. The molecule has 1 heterocycles. The summed E-state index contributed by atoms with van der Waals surface area (Å²) in [6.07, 6.45) is 22.2. The second kappa shape index (κ2) is 16.9. The summed E-state index contributed by atoms with van der Waals surface area (Å²) in [5.74, 6) is 3.82. The van der Waals surface area contributed by atoms with Crippen LogP contribution in [0.15, 0.2) is 30.3 Å². The molecule has 1 aromatic heterocycles. The predicted molar refractivity (Wildman–Crippen MR) is 184 cm³/mol. The van der Waals surface area contributed by atoms with Gasteiger partial charge in [-0.05, 0) is 24.7 Å². The van der Waals surface area contributed by atoms with E-state index in [1.54, 1.807) is 0 Å². The van der Waals surface area contributed by atoms with E-state index in [0.29, 0.717) is 0 Å². The van der Waals surface area contributed by atoms with Crippen molar-refractivity contribution in [2.45, 2.75) is 144 Å². The van der Waals surface area contributed by atoms with Gasteiger partial charge in [-0.15, -0.1) is 0 Å². The summed E-state index contributed by atoms with van der Waals surface area (Å²) in [5, 5.41) is 9.93. The molecule has 1 aromatic carbocycles. The van der Waals surface area contributed by atoms with Crippen molar-refractivity contribution in [1.29, 1.82) is 5.26 Å². The number of thiophene rings is 1. The molecule has 0 spiro atoms. The number of hydrogen-bond acceptors (Lipinski definition) is 2. The number of benzene rings is 1. The second-order valence-corrected chi connectivity index (χ2v) is 29.3. The first-order valence-electron chi connectivity index (χ1n) is 17.7. The predicted octanol–water partition coefficient (Wildman–Crippen LogP) is 11.9. The molecule has 41 heavy (non-hydrogen) atoms. The molecule has 2 aliphatic rings. The fourth-order valence-electron chi connectivity index (χ4n) is 8.20. The zero-order valence-corrected chi connectivity index (χ0v) is 30.7. The van der Waals surface area contributed by atoms with E-state index in [9.17, 15) is 5.26 Å². The minimum atomic E-state index is -2.40. The third-order valence-corrected chi connectivity index (χ3v) is 30.5. The minimum absolute atomic E-state index is 0.850. The van der Waals surface area contributed by atoms with E-state index < -0.39 is 18.4 Å². The molecule has 2 saturated carbocycles. The van der Waals surface area contributed by atoms with E-state index in [-0.39, 0.29) is 0 Å². The Morgan fingerprint density at radius 1 is 0.780 bits per heavy atom. The third-order valence-electron chi connectivity index (χ3n) is 11.1. The molecule has 4 rings (SSSR count).